The highest BCUT2D eigenvalue weighted by atomic mass is 16.3. The van der Waals surface area contributed by atoms with Gasteiger partial charge in [-0.2, -0.15) is 0 Å². The molecular formula is C18H25N3O4. The molecule has 3 fully saturated rings. The van der Waals surface area contributed by atoms with Crippen LogP contribution < -0.4 is 10.6 Å². The molecule has 4 aliphatic rings. The van der Waals surface area contributed by atoms with Crippen molar-refractivity contribution in [3.63, 3.8) is 0 Å². The maximum atomic E-state index is 12.9. The summed E-state index contributed by atoms with van der Waals surface area (Å²) >= 11 is 0. The van der Waals surface area contributed by atoms with E-state index in [1.165, 1.54) is 4.90 Å². The summed E-state index contributed by atoms with van der Waals surface area (Å²) in [7, 11) is 0. The Morgan fingerprint density at radius 2 is 1.72 bits per heavy atom. The Hall–Kier alpha value is -1.54. The summed E-state index contributed by atoms with van der Waals surface area (Å²) in [5.74, 6) is -0.951. The molecule has 1 aliphatic carbocycles. The predicted octanol–water partition coefficient (Wildman–Crippen LogP) is -0.528. The van der Waals surface area contributed by atoms with Gasteiger partial charge in [-0.1, -0.05) is 18.2 Å². The van der Waals surface area contributed by atoms with Crippen molar-refractivity contribution in [3.05, 3.63) is 23.8 Å². The molecule has 0 aromatic heterocycles. The molecule has 0 bridgehead atoms. The highest BCUT2D eigenvalue weighted by Gasteiger charge is 2.51. The van der Waals surface area contributed by atoms with Gasteiger partial charge in [-0.15, -0.1) is 0 Å². The Morgan fingerprint density at radius 3 is 2.44 bits per heavy atom. The number of likely N-dealkylation sites (tertiary alicyclic amines) is 1. The molecule has 4 rings (SSSR count). The summed E-state index contributed by atoms with van der Waals surface area (Å²) in [5.41, 5.74) is 1.16. The molecule has 7 heteroatoms. The van der Waals surface area contributed by atoms with Crippen LogP contribution >= 0.6 is 0 Å². The summed E-state index contributed by atoms with van der Waals surface area (Å²) in [5, 5.41) is 25.7. The zero-order chi connectivity index (χ0) is 17.6. The molecule has 0 spiro atoms. The number of imide groups is 1. The number of piperidine rings is 2. The second kappa shape index (κ2) is 6.64. The third-order valence-corrected chi connectivity index (χ3v) is 5.91. The van der Waals surface area contributed by atoms with Crippen LogP contribution in [0, 0.1) is 17.8 Å². The Bertz CT molecular complexity index is 626. The van der Waals surface area contributed by atoms with Crippen molar-refractivity contribution in [2.45, 2.75) is 44.2 Å². The molecule has 4 N–H and O–H groups in total. The van der Waals surface area contributed by atoms with Gasteiger partial charge in [0.1, 0.15) is 12.5 Å². The van der Waals surface area contributed by atoms with Crippen LogP contribution in [0.4, 0.5) is 0 Å². The number of carbonyl (C=O) groups is 2. The molecule has 5 atom stereocenters. The first-order chi connectivity index (χ1) is 12.1. The second-order valence-corrected chi connectivity index (χ2v) is 7.42. The van der Waals surface area contributed by atoms with Crippen LogP contribution in [-0.2, 0) is 9.59 Å². The van der Waals surface area contributed by atoms with Crippen molar-refractivity contribution in [1.29, 1.82) is 0 Å². The fraction of sp³-hybridized carbons (Fsp3) is 0.667. The molecule has 0 radical (unpaired) electrons. The molecule has 136 valence electrons. The first-order valence-electron chi connectivity index (χ1n) is 9.16. The summed E-state index contributed by atoms with van der Waals surface area (Å²) < 4.78 is 0. The lowest BCUT2D eigenvalue weighted by Crippen LogP contribution is -2.58. The lowest BCUT2D eigenvalue weighted by molar-refractivity contribution is -0.149. The van der Waals surface area contributed by atoms with E-state index in [4.69, 9.17) is 0 Å². The molecule has 25 heavy (non-hydrogen) atoms. The maximum absolute atomic E-state index is 12.9. The number of rotatable bonds is 2. The van der Waals surface area contributed by atoms with Crippen molar-refractivity contribution >= 4 is 11.8 Å². The molecule has 0 aromatic carbocycles. The van der Waals surface area contributed by atoms with Crippen LogP contribution in [0.5, 0.6) is 0 Å². The average Bonchev–Trinajstić information content (AvgIpc) is 2.87. The normalized spacial score (nSPS) is 39.5. The van der Waals surface area contributed by atoms with E-state index in [0.717, 1.165) is 31.5 Å². The monoisotopic (exact) mass is 347 g/mol. The number of allylic oxidation sites excluding steroid dienone is 2. The fourth-order valence-electron chi connectivity index (χ4n) is 4.49. The van der Waals surface area contributed by atoms with Crippen LogP contribution in [0.25, 0.3) is 0 Å². The molecule has 0 aromatic rings. The largest absolute Gasteiger partial charge is 0.379 e. The number of hydrogen-bond acceptors (Lipinski definition) is 6. The van der Waals surface area contributed by atoms with E-state index in [-0.39, 0.29) is 11.8 Å². The molecular weight excluding hydrogens is 322 g/mol. The van der Waals surface area contributed by atoms with E-state index in [0.29, 0.717) is 18.8 Å². The number of aliphatic hydroxyl groups is 2. The van der Waals surface area contributed by atoms with Crippen LogP contribution in [0.1, 0.15) is 25.7 Å². The van der Waals surface area contributed by atoms with Crippen molar-refractivity contribution in [2.24, 2.45) is 17.8 Å². The summed E-state index contributed by atoms with van der Waals surface area (Å²) in [6, 6.07) is -0.613. The van der Waals surface area contributed by atoms with Gasteiger partial charge in [0.2, 0.25) is 11.8 Å². The van der Waals surface area contributed by atoms with E-state index in [1.807, 2.05) is 18.2 Å². The van der Waals surface area contributed by atoms with Crippen molar-refractivity contribution in [2.75, 3.05) is 13.1 Å². The number of nitrogens with zero attached hydrogens (tertiary/aromatic N) is 1. The number of hydrogen-bond donors (Lipinski definition) is 4. The first-order valence-corrected chi connectivity index (χ1v) is 9.16. The van der Waals surface area contributed by atoms with Crippen molar-refractivity contribution < 1.29 is 19.8 Å². The van der Waals surface area contributed by atoms with Gasteiger partial charge in [-0.05, 0) is 50.3 Å². The quantitative estimate of drug-likeness (QED) is 0.501. The minimum atomic E-state index is -1.09. The zero-order valence-corrected chi connectivity index (χ0v) is 14.1. The topological polar surface area (TPSA) is 102 Å². The summed E-state index contributed by atoms with van der Waals surface area (Å²) in [4.78, 5) is 26.9. The van der Waals surface area contributed by atoms with E-state index in [1.54, 1.807) is 0 Å². The number of nitrogens with one attached hydrogen (secondary N) is 2. The van der Waals surface area contributed by atoms with Gasteiger partial charge >= 0.3 is 0 Å². The minimum absolute atomic E-state index is 0.229. The summed E-state index contributed by atoms with van der Waals surface area (Å²) in [6.45, 7) is 1.95. The molecule has 3 aliphatic heterocycles. The number of fused-ring (bicyclic) bond motifs is 1. The highest BCUT2D eigenvalue weighted by molar-refractivity contribution is 6.07. The van der Waals surface area contributed by atoms with Gasteiger partial charge in [0.25, 0.3) is 0 Å². The zero-order valence-electron chi connectivity index (χ0n) is 14.1. The minimum Gasteiger partial charge on any atom is -0.379 e. The fourth-order valence-corrected chi connectivity index (χ4v) is 4.49. The van der Waals surface area contributed by atoms with Gasteiger partial charge in [-0.3, -0.25) is 19.8 Å². The Morgan fingerprint density at radius 1 is 1.00 bits per heavy atom. The first kappa shape index (κ1) is 16.9. The van der Waals surface area contributed by atoms with Crippen LogP contribution in [0.2, 0.25) is 0 Å². The van der Waals surface area contributed by atoms with E-state index in [9.17, 15) is 19.8 Å². The predicted molar refractivity (Wildman–Crippen MR) is 89.8 cm³/mol. The van der Waals surface area contributed by atoms with Gasteiger partial charge < -0.3 is 15.5 Å². The average molecular weight is 347 g/mol. The van der Waals surface area contributed by atoms with Crippen LogP contribution in [-0.4, -0.2) is 58.5 Å². The Labute approximate surface area is 146 Å². The van der Waals surface area contributed by atoms with Crippen LogP contribution in [0.15, 0.2) is 23.8 Å². The lowest BCUT2D eigenvalue weighted by Gasteiger charge is -2.36. The molecule has 5 unspecified atom stereocenters. The number of aliphatic hydroxyl groups excluding tert-OH is 2. The Balaban J connectivity index is 1.55. The van der Waals surface area contributed by atoms with Crippen molar-refractivity contribution in [3.8, 4) is 0 Å². The van der Waals surface area contributed by atoms with Gasteiger partial charge in [0.15, 0.2) is 0 Å². The van der Waals surface area contributed by atoms with E-state index in [2.05, 4.69) is 10.6 Å². The molecule has 7 nitrogen and oxygen atoms in total. The Kier molecular flexibility index (Phi) is 4.49. The third kappa shape index (κ3) is 2.95. The molecule has 3 heterocycles. The molecule has 0 saturated carbocycles. The lowest BCUT2D eigenvalue weighted by atomic mass is 9.81. The van der Waals surface area contributed by atoms with Gasteiger partial charge in [0, 0.05) is 0 Å². The third-order valence-electron chi connectivity index (χ3n) is 5.91. The summed E-state index contributed by atoms with van der Waals surface area (Å²) in [6.07, 6.45) is 6.84. The number of carbonyl (C=O) groups excluding carboxylic acids is 2. The number of amides is 2. The molecule has 2 amide bonds. The second-order valence-electron chi connectivity index (χ2n) is 7.42. The van der Waals surface area contributed by atoms with Gasteiger partial charge in [0.05, 0.1) is 17.9 Å². The molecule has 3 saturated heterocycles. The van der Waals surface area contributed by atoms with Crippen molar-refractivity contribution in [1.82, 2.24) is 15.5 Å². The van der Waals surface area contributed by atoms with E-state index < -0.39 is 30.3 Å². The SMILES string of the molecule is O=C1C2C=CC(C3CCNCC3)=CC2C(=O)N1C1CCC(O)NC1O. The maximum Gasteiger partial charge on any atom is 0.237 e. The van der Waals surface area contributed by atoms with Gasteiger partial charge in [-0.25, -0.2) is 0 Å². The van der Waals surface area contributed by atoms with E-state index >= 15 is 0 Å². The standard InChI is InChI=1S/C18H25N3O4/c22-15-4-3-14(16(23)20-15)21-17(24)12-2-1-11(9-13(12)18(21)25)10-5-7-19-8-6-10/h1-2,9-10,12-16,19-20,22-23H,3-8H2. The highest BCUT2D eigenvalue weighted by Crippen LogP contribution is 2.38. The smallest absolute Gasteiger partial charge is 0.237 e. The van der Waals surface area contributed by atoms with Crippen LogP contribution in [0.3, 0.4) is 0 Å².